The van der Waals surface area contributed by atoms with Crippen LogP contribution in [0, 0.1) is 12.8 Å². The SMILES string of the molecule is Cc1cc(NCC2CCCN(C)C2)n2ncnc2n1. The third kappa shape index (κ3) is 2.68. The van der Waals surface area contributed by atoms with Crippen molar-refractivity contribution in [2.75, 3.05) is 32.0 Å². The molecule has 0 saturated carbocycles. The summed E-state index contributed by atoms with van der Waals surface area (Å²) >= 11 is 0. The first kappa shape index (κ1) is 12.3. The van der Waals surface area contributed by atoms with Crippen molar-refractivity contribution >= 4 is 11.6 Å². The van der Waals surface area contributed by atoms with E-state index in [0.29, 0.717) is 11.7 Å². The van der Waals surface area contributed by atoms with Crippen molar-refractivity contribution in [1.29, 1.82) is 0 Å². The summed E-state index contributed by atoms with van der Waals surface area (Å²) in [6.07, 6.45) is 4.13. The maximum absolute atomic E-state index is 4.34. The Labute approximate surface area is 112 Å². The number of nitrogens with zero attached hydrogens (tertiary/aromatic N) is 5. The van der Waals surface area contributed by atoms with Gasteiger partial charge in [0.05, 0.1) is 0 Å². The van der Waals surface area contributed by atoms with Crippen LogP contribution in [0.1, 0.15) is 18.5 Å². The Morgan fingerprint density at radius 2 is 2.37 bits per heavy atom. The lowest BCUT2D eigenvalue weighted by Gasteiger charge is -2.29. The second-order valence-electron chi connectivity index (χ2n) is 5.41. The molecule has 0 spiro atoms. The number of fused-ring (bicyclic) bond motifs is 1. The minimum absolute atomic E-state index is 0.656. The number of anilines is 1. The van der Waals surface area contributed by atoms with Crippen LogP contribution in [0.3, 0.4) is 0 Å². The van der Waals surface area contributed by atoms with E-state index in [-0.39, 0.29) is 0 Å². The first-order valence-electron chi connectivity index (χ1n) is 6.82. The van der Waals surface area contributed by atoms with Gasteiger partial charge in [0.2, 0.25) is 0 Å². The molecule has 3 heterocycles. The van der Waals surface area contributed by atoms with Crippen molar-refractivity contribution in [3.8, 4) is 0 Å². The molecule has 0 aliphatic carbocycles. The zero-order valence-corrected chi connectivity index (χ0v) is 11.5. The lowest BCUT2D eigenvalue weighted by molar-refractivity contribution is 0.217. The topological polar surface area (TPSA) is 58.4 Å². The molecule has 0 aromatic carbocycles. The first-order chi connectivity index (χ1) is 9.22. The molecule has 0 radical (unpaired) electrons. The molecule has 0 amide bonds. The van der Waals surface area contributed by atoms with Gasteiger partial charge in [0, 0.05) is 24.8 Å². The summed E-state index contributed by atoms with van der Waals surface area (Å²) in [6.45, 7) is 5.34. The predicted octanol–water partition coefficient (Wildman–Crippen LogP) is 1.19. The van der Waals surface area contributed by atoms with Crippen LogP contribution in [0.4, 0.5) is 5.82 Å². The van der Waals surface area contributed by atoms with Crippen LogP contribution >= 0.6 is 0 Å². The van der Waals surface area contributed by atoms with Gasteiger partial charge in [-0.15, -0.1) is 0 Å². The average molecular weight is 260 g/mol. The number of aromatic nitrogens is 4. The fourth-order valence-corrected chi connectivity index (χ4v) is 2.75. The molecular weight excluding hydrogens is 240 g/mol. The Kier molecular flexibility index (Phi) is 3.33. The second-order valence-corrected chi connectivity index (χ2v) is 5.41. The number of hydrogen-bond acceptors (Lipinski definition) is 5. The molecule has 1 aliphatic heterocycles. The molecule has 2 aromatic heterocycles. The van der Waals surface area contributed by atoms with E-state index in [4.69, 9.17) is 0 Å². The molecule has 1 atom stereocenters. The van der Waals surface area contributed by atoms with Crippen LogP contribution < -0.4 is 5.32 Å². The Morgan fingerprint density at radius 3 is 3.21 bits per heavy atom. The van der Waals surface area contributed by atoms with Gasteiger partial charge < -0.3 is 10.2 Å². The van der Waals surface area contributed by atoms with Gasteiger partial charge in [0.15, 0.2) is 0 Å². The van der Waals surface area contributed by atoms with Gasteiger partial charge in [0.1, 0.15) is 12.1 Å². The molecule has 1 unspecified atom stereocenters. The maximum atomic E-state index is 4.34. The fraction of sp³-hybridized carbons (Fsp3) is 0.615. The van der Waals surface area contributed by atoms with Gasteiger partial charge in [0.25, 0.3) is 5.78 Å². The monoisotopic (exact) mass is 260 g/mol. The maximum Gasteiger partial charge on any atom is 0.254 e. The molecule has 2 aromatic rings. The normalized spacial score (nSPS) is 20.8. The highest BCUT2D eigenvalue weighted by Crippen LogP contribution is 2.17. The summed E-state index contributed by atoms with van der Waals surface area (Å²) in [4.78, 5) is 10.9. The molecule has 1 aliphatic rings. The van der Waals surface area contributed by atoms with Gasteiger partial charge in [-0.1, -0.05) is 0 Å². The molecule has 3 rings (SSSR count). The van der Waals surface area contributed by atoms with E-state index in [2.05, 4.69) is 32.3 Å². The molecule has 1 N–H and O–H groups in total. The minimum Gasteiger partial charge on any atom is -0.370 e. The number of aryl methyl sites for hydroxylation is 1. The highest BCUT2D eigenvalue weighted by molar-refractivity contribution is 5.44. The van der Waals surface area contributed by atoms with E-state index in [1.54, 1.807) is 10.8 Å². The fourth-order valence-electron chi connectivity index (χ4n) is 2.75. The van der Waals surface area contributed by atoms with E-state index in [1.807, 2.05) is 13.0 Å². The van der Waals surface area contributed by atoms with Crippen molar-refractivity contribution in [2.45, 2.75) is 19.8 Å². The molecule has 6 heteroatoms. The molecular formula is C13H20N6. The minimum atomic E-state index is 0.656. The van der Waals surface area contributed by atoms with Gasteiger partial charge in [-0.3, -0.25) is 0 Å². The van der Waals surface area contributed by atoms with E-state index < -0.39 is 0 Å². The molecule has 1 fully saturated rings. The number of nitrogens with one attached hydrogen (secondary N) is 1. The summed E-state index contributed by atoms with van der Waals surface area (Å²) in [7, 11) is 2.19. The second kappa shape index (κ2) is 5.13. The Balaban J connectivity index is 1.72. The van der Waals surface area contributed by atoms with Gasteiger partial charge in [-0.2, -0.15) is 14.6 Å². The summed E-state index contributed by atoms with van der Waals surface area (Å²) in [5.74, 6) is 2.34. The van der Waals surface area contributed by atoms with Crippen LogP contribution in [-0.4, -0.2) is 51.2 Å². The van der Waals surface area contributed by atoms with Crippen LogP contribution in [0.15, 0.2) is 12.4 Å². The lowest BCUT2D eigenvalue weighted by Crippen LogP contribution is -2.35. The van der Waals surface area contributed by atoms with E-state index >= 15 is 0 Å². The van der Waals surface area contributed by atoms with Crippen LogP contribution in [0.5, 0.6) is 0 Å². The largest absolute Gasteiger partial charge is 0.370 e. The summed E-state index contributed by atoms with van der Waals surface area (Å²) in [5.41, 5.74) is 0.962. The Hall–Kier alpha value is -1.69. The van der Waals surface area contributed by atoms with Crippen LogP contribution in [-0.2, 0) is 0 Å². The Morgan fingerprint density at radius 1 is 1.47 bits per heavy atom. The highest BCUT2D eigenvalue weighted by atomic mass is 15.3. The molecule has 19 heavy (non-hydrogen) atoms. The standard InChI is InChI=1S/C13H20N6/c1-10-6-12(19-13(17-10)15-9-16-19)14-7-11-4-3-5-18(2)8-11/h6,9,11,14H,3-5,7-8H2,1-2H3. The third-order valence-corrected chi connectivity index (χ3v) is 3.67. The molecule has 0 bridgehead atoms. The van der Waals surface area contributed by atoms with E-state index in [1.165, 1.54) is 19.4 Å². The molecule has 1 saturated heterocycles. The van der Waals surface area contributed by atoms with Gasteiger partial charge in [-0.25, -0.2) is 4.98 Å². The van der Waals surface area contributed by atoms with Crippen molar-refractivity contribution in [3.05, 3.63) is 18.1 Å². The zero-order valence-electron chi connectivity index (χ0n) is 11.5. The smallest absolute Gasteiger partial charge is 0.254 e. The van der Waals surface area contributed by atoms with Crippen LogP contribution in [0.2, 0.25) is 0 Å². The van der Waals surface area contributed by atoms with Crippen molar-refractivity contribution in [3.63, 3.8) is 0 Å². The van der Waals surface area contributed by atoms with Crippen LogP contribution in [0.25, 0.3) is 5.78 Å². The zero-order chi connectivity index (χ0) is 13.2. The molecule has 102 valence electrons. The lowest BCUT2D eigenvalue weighted by atomic mass is 9.98. The number of rotatable bonds is 3. The first-order valence-corrected chi connectivity index (χ1v) is 6.82. The highest BCUT2D eigenvalue weighted by Gasteiger charge is 2.17. The van der Waals surface area contributed by atoms with Crippen molar-refractivity contribution < 1.29 is 0 Å². The Bertz CT molecular complexity index is 563. The van der Waals surface area contributed by atoms with E-state index in [9.17, 15) is 0 Å². The summed E-state index contributed by atoms with van der Waals surface area (Å²) in [5, 5.41) is 7.71. The number of piperidine rings is 1. The number of likely N-dealkylation sites (tertiary alicyclic amines) is 1. The van der Waals surface area contributed by atoms with Crippen molar-refractivity contribution in [2.24, 2.45) is 5.92 Å². The quantitative estimate of drug-likeness (QED) is 0.898. The molecule has 6 nitrogen and oxygen atoms in total. The summed E-state index contributed by atoms with van der Waals surface area (Å²) in [6, 6.07) is 2.02. The van der Waals surface area contributed by atoms with Crippen molar-refractivity contribution in [1.82, 2.24) is 24.5 Å². The predicted molar refractivity (Wildman–Crippen MR) is 74.2 cm³/mol. The number of hydrogen-bond donors (Lipinski definition) is 1. The van der Waals surface area contributed by atoms with E-state index in [0.717, 1.165) is 24.6 Å². The van der Waals surface area contributed by atoms with Gasteiger partial charge in [-0.05, 0) is 39.3 Å². The average Bonchev–Trinajstić information content (AvgIpc) is 2.84. The summed E-state index contributed by atoms with van der Waals surface area (Å²) < 4.78 is 1.76. The third-order valence-electron chi connectivity index (χ3n) is 3.67. The van der Waals surface area contributed by atoms with Gasteiger partial charge >= 0.3 is 0 Å².